The summed E-state index contributed by atoms with van der Waals surface area (Å²) in [5.74, 6) is -0.586. The maximum absolute atomic E-state index is 13.5. The normalized spacial score (nSPS) is 22.5. The van der Waals surface area contributed by atoms with Crippen LogP contribution in [0, 0.1) is 5.82 Å². The fourth-order valence-corrected chi connectivity index (χ4v) is 2.38. The lowest BCUT2D eigenvalue weighted by Crippen LogP contribution is -2.27. The molecule has 1 fully saturated rings. The van der Waals surface area contributed by atoms with Crippen molar-refractivity contribution in [3.8, 4) is 0 Å². The van der Waals surface area contributed by atoms with E-state index in [1.165, 1.54) is 12.1 Å². The minimum atomic E-state index is -1.08. The number of rotatable bonds is 2. The molecule has 0 aromatic heterocycles. The minimum absolute atomic E-state index is 0.0227. The quantitative estimate of drug-likeness (QED) is 0.838. The number of hydrogen-bond donors (Lipinski definition) is 1. The second-order valence-corrected chi connectivity index (χ2v) is 5.02. The van der Waals surface area contributed by atoms with Gasteiger partial charge in [-0.2, -0.15) is 0 Å². The number of benzene rings is 1. The van der Waals surface area contributed by atoms with Crippen molar-refractivity contribution in [2.45, 2.75) is 25.0 Å². The molecule has 1 N–H and O–H groups in total. The van der Waals surface area contributed by atoms with E-state index >= 15 is 0 Å². The number of aldehydes is 1. The Balaban J connectivity index is 2.16. The van der Waals surface area contributed by atoms with Crippen LogP contribution >= 0.6 is 11.6 Å². The van der Waals surface area contributed by atoms with Crippen LogP contribution in [0.2, 0.25) is 5.02 Å². The van der Waals surface area contributed by atoms with Crippen molar-refractivity contribution in [3.63, 3.8) is 0 Å². The van der Waals surface area contributed by atoms with Gasteiger partial charge in [0.2, 0.25) is 0 Å². The maximum atomic E-state index is 13.5. The predicted molar refractivity (Wildman–Crippen MR) is 66.0 cm³/mol. The molecule has 94 valence electrons. The molecule has 3 rings (SSSR count). The first kappa shape index (κ1) is 11.7. The molecule has 0 amide bonds. The summed E-state index contributed by atoms with van der Waals surface area (Å²) in [6.07, 6.45) is 3.20. The lowest BCUT2D eigenvalue weighted by atomic mass is 9.96. The molecule has 1 aliphatic heterocycles. The van der Waals surface area contributed by atoms with Crippen molar-refractivity contribution in [2.75, 3.05) is 4.90 Å². The zero-order valence-electron chi connectivity index (χ0n) is 9.44. The molecule has 0 radical (unpaired) electrons. The van der Waals surface area contributed by atoms with E-state index in [1.807, 2.05) is 4.90 Å². The van der Waals surface area contributed by atoms with Crippen molar-refractivity contribution in [1.82, 2.24) is 0 Å². The molecule has 1 unspecified atom stereocenters. The fourth-order valence-electron chi connectivity index (χ4n) is 2.22. The van der Waals surface area contributed by atoms with Crippen LogP contribution in [0.3, 0.4) is 0 Å². The average Bonchev–Trinajstić information content (AvgIpc) is 3.17. The number of nitrogens with zero attached hydrogens (tertiary/aromatic N) is 1. The zero-order valence-corrected chi connectivity index (χ0v) is 10.2. The van der Waals surface area contributed by atoms with Crippen molar-refractivity contribution in [2.24, 2.45) is 0 Å². The molecule has 0 saturated heterocycles. The van der Waals surface area contributed by atoms with Gasteiger partial charge in [0.1, 0.15) is 18.2 Å². The summed E-state index contributed by atoms with van der Waals surface area (Å²) in [5.41, 5.74) is 1.33. The van der Waals surface area contributed by atoms with E-state index in [9.17, 15) is 14.3 Å². The van der Waals surface area contributed by atoms with Crippen LogP contribution in [0.15, 0.2) is 23.9 Å². The van der Waals surface area contributed by atoms with E-state index < -0.39 is 11.9 Å². The van der Waals surface area contributed by atoms with E-state index in [0.29, 0.717) is 23.6 Å². The third kappa shape index (κ3) is 1.72. The predicted octanol–water partition coefficient (Wildman–Crippen LogP) is 2.58. The first-order valence-electron chi connectivity index (χ1n) is 5.74. The minimum Gasteiger partial charge on any atom is -0.383 e. The van der Waals surface area contributed by atoms with E-state index in [0.717, 1.165) is 12.8 Å². The van der Waals surface area contributed by atoms with E-state index in [2.05, 4.69) is 0 Å². The van der Waals surface area contributed by atoms with Gasteiger partial charge in [0, 0.05) is 29.1 Å². The van der Waals surface area contributed by atoms with Gasteiger partial charge in [-0.05, 0) is 25.0 Å². The lowest BCUT2D eigenvalue weighted by Gasteiger charge is -2.31. The third-order valence-electron chi connectivity index (χ3n) is 3.32. The molecular formula is C13H11ClFNO2. The molecule has 1 aromatic carbocycles. The van der Waals surface area contributed by atoms with Crippen molar-refractivity contribution in [1.29, 1.82) is 0 Å². The summed E-state index contributed by atoms with van der Waals surface area (Å²) in [5, 5.41) is 10.0. The van der Waals surface area contributed by atoms with Crippen LogP contribution in [0.4, 0.5) is 10.1 Å². The SMILES string of the molecule is O=CC1=CN(C2CC2)c2cc(Cl)c(F)cc2C1O. The number of aliphatic hydroxyl groups excluding tert-OH is 1. The van der Waals surface area contributed by atoms with Gasteiger partial charge in [-0.15, -0.1) is 0 Å². The number of carbonyl (C=O) groups excluding carboxylic acids is 1. The summed E-state index contributed by atoms with van der Waals surface area (Å²) in [6.45, 7) is 0. The van der Waals surface area contributed by atoms with Crippen molar-refractivity contribution >= 4 is 23.6 Å². The standard InChI is InChI=1S/C13H11ClFNO2/c14-10-4-12-9(3-11(10)15)13(18)7(6-17)5-16(12)8-1-2-8/h3-6,8,13,18H,1-2H2. The number of fused-ring (bicyclic) bond motifs is 1. The maximum Gasteiger partial charge on any atom is 0.150 e. The number of carbonyl (C=O) groups is 1. The molecule has 1 aromatic rings. The molecule has 1 atom stereocenters. The van der Waals surface area contributed by atoms with E-state index in [1.54, 1.807) is 6.20 Å². The topological polar surface area (TPSA) is 40.5 Å². The Morgan fingerprint density at radius 1 is 1.44 bits per heavy atom. The van der Waals surface area contributed by atoms with Crippen LogP contribution in [-0.2, 0) is 4.79 Å². The summed E-state index contributed by atoms with van der Waals surface area (Å²) < 4.78 is 13.5. The van der Waals surface area contributed by atoms with Gasteiger partial charge in [-0.1, -0.05) is 11.6 Å². The Morgan fingerprint density at radius 2 is 2.17 bits per heavy atom. The third-order valence-corrected chi connectivity index (χ3v) is 3.61. The Hall–Kier alpha value is -1.39. The summed E-state index contributed by atoms with van der Waals surface area (Å²) in [6, 6.07) is 3.02. The number of halogens is 2. The van der Waals surface area contributed by atoms with Gasteiger partial charge in [0.05, 0.1) is 5.02 Å². The molecule has 1 heterocycles. The fraction of sp³-hybridized carbons (Fsp3) is 0.308. The van der Waals surface area contributed by atoms with Gasteiger partial charge in [0.25, 0.3) is 0 Å². The monoisotopic (exact) mass is 267 g/mol. The van der Waals surface area contributed by atoms with Gasteiger partial charge in [-0.3, -0.25) is 4.79 Å². The number of anilines is 1. The Morgan fingerprint density at radius 3 is 2.78 bits per heavy atom. The lowest BCUT2D eigenvalue weighted by molar-refractivity contribution is -0.105. The Labute approximate surface area is 108 Å². The summed E-state index contributed by atoms with van der Waals surface area (Å²) in [7, 11) is 0. The Bertz CT molecular complexity index is 554. The van der Waals surface area contributed by atoms with Gasteiger partial charge in [0.15, 0.2) is 0 Å². The number of aliphatic hydroxyl groups is 1. The van der Waals surface area contributed by atoms with E-state index in [4.69, 9.17) is 11.6 Å². The zero-order chi connectivity index (χ0) is 12.9. The van der Waals surface area contributed by atoms with Gasteiger partial charge < -0.3 is 10.0 Å². The largest absolute Gasteiger partial charge is 0.383 e. The summed E-state index contributed by atoms with van der Waals surface area (Å²) >= 11 is 5.78. The molecule has 1 saturated carbocycles. The van der Waals surface area contributed by atoms with Gasteiger partial charge in [-0.25, -0.2) is 4.39 Å². The van der Waals surface area contributed by atoms with Crippen LogP contribution in [0.1, 0.15) is 24.5 Å². The highest BCUT2D eigenvalue weighted by atomic mass is 35.5. The van der Waals surface area contributed by atoms with Crippen LogP contribution in [-0.4, -0.2) is 17.4 Å². The van der Waals surface area contributed by atoms with Crippen molar-refractivity contribution in [3.05, 3.63) is 40.3 Å². The number of hydrogen-bond acceptors (Lipinski definition) is 3. The first-order chi connectivity index (χ1) is 8.61. The molecular weight excluding hydrogens is 257 g/mol. The first-order valence-corrected chi connectivity index (χ1v) is 6.12. The molecule has 0 spiro atoms. The average molecular weight is 268 g/mol. The van der Waals surface area contributed by atoms with Crippen molar-refractivity contribution < 1.29 is 14.3 Å². The van der Waals surface area contributed by atoms with Crippen LogP contribution in [0.5, 0.6) is 0 Å². The van der Waals surface area contributed by atoms with Crippen LogP contribution < -0.4 is 4.90 Å². The van der Waals surface area contributed by atoms with Gasteiger partial charge >= 0.3 is 0 Å². The van der Waals surface area contributed by atoms with E-state index in [-0.39, 0.29) is 10.6 Å². The second kappa shape index (κ2) is 4.07. The molecule has 18 heavy (non-hydrogen) atoms. The molecule has 0 bridgehead atoms. The molecule has 1 aliphatic carbocycles. The van der Waals surface area contributed by atoms with Crippen LogP contribution in [0.25, 0.3) is 0 Å². The summed E-state index contributed by atoms with van der Waals surface area (Å²) in [4.78, 5) is 12.8. The molecule has 5 heteroatoms. The Kier molecular flexibility index (Phi) is 2.64. The molecule has 2 aliphatic rings. The smallest absolute Gasteiger partial charge is 0.150 e. The highest BCUT2D eigenvalue weighted by Crippen LogP contribution is 2.43. The molecule has 3 nitrogen and oxygen atoms in total. The second-order valence-electron chi connectivity index (χ2n) is 4.61. The highest BCUT2D eigenvalue weighted by molar-refractivity contribution is 6.31. The highest BCUT2D eigenvalue weighted by Gasteiger charge is 2.35.